The summed E-state index contributed by atoms with van der Waals surface area (Å²) < 4.78 is 0. The molecule has 106 valence electrons. The number of aromatic nitrogens is 2. The Morgan fingerprint density at radius 1 is 1.10 bits per heavy atom. The van der Waals surface area contributed by atoms with Crippen molar-refractivity contribution >= 4 is 34.0 Å². The highest BCUT2D eigenvalue weighted by Gasteiger charge is 2.20. The molecule has 3 N–H and O–H groups in total. The first kappa shape index (κ1) is 14.2. The highest BCUT2D eigenvalue weighted by atomic mass is 35.5. The fraction of sp³-hybridized carbons (Fsp3) is 0.0667. The van der Waals surface area contributed by atoms with E-state index in [-0.39, 0.29) is 6.04 Å². The lowest BCUT2D eigenvalue weighted by molar-refractivity contribution is 0.623. The number of rotatable bonds is 3. The maximum Gasteiger partial charge on any atom is 0.0917 e. The highest BCUT2D eigenvalue weighted by Crippen LogP contribution is 2.31. The number of hydrogen-bond acceptors (Lipinski definition) is 4. The van der Waals surface area contributed by atoms with Gasteiger partial charge in [0.05, 0.1) is 21.8 Å². The first-order valence-corrected chi connectivity index (χ1v) is 7.06. The van der Waals surface area contributed by atoms with Crippen molar-refractivity contribution in [2.24, 2.45) is 5.84 Å². The SMILES string of the molecule is NNC(c1ncc(Cl)cc1Cl)c1cncc2ccccc12. The summed E-state index contributed by atoms with van der Waals surface area (Å²) in [6.45, 7) is 0. The van der Waals surface area contributed by atoms with Crippen LogP contribution in [0.2, 0.25) is 10.0 Å². The smallest absolute Gasteiger partial charge is 0.0917 e. The van der Waals surface area contributed by atoms with Crippen molar-refractivity contribution in [3.8, 4) is 0 Å². The van der Waals surface area contributed by atoms with Crippen LogP contribution in [0, 0.1) is 0 Å². The minimum absolute atomic E-state index is 0.367. The lowest BCUT2D eigenvalue weighted by atomic mass is 9.99. The van der Waals surface area contributed by atoms with Gasteiger partial charge >= 0.3 is 0 Å². The Morgan fingerprint density at radius 2 is 1.90 bits per heavy atom. The van der Waals surface area contributed by atoms with Gasteiger partial charge in [0.2, 0.25) is 0 Å². The van der Waals surface area contributed by atoms with Crippen molar-refractivity contribution in [3.63, 3.8) is 0 Å². The average Bonchev–Trinajstić information content (AvgIpc) is 2.50. The average molecular weight is 319 g/mol. The van der Waals surface area contributed by atoms with Crippen LogP contribution in [0.25, 0.3) is 10.8 Å². The van der Waals surface area contributed by atoms with E-state index in [0.29, 0.717) is 15.7 Å². The third-order valence-corrected chi connectivity index (χ3v) is 3.80. The zero-order valence-corrected chi connectivity index (χ0v) is 12.4. The molecule has 0 saturated heterocycles. The molecule has 0 radical (unpaired) electrons. The van der Waals surface area contributed by atoms with Gasteiger partial charge in [0.1, 0.15) is 0 Å². The molecule has 1 unspecified atom stereocenters. The molecule has 0 saturated carbocycles. The van der Waals surface area contributed by atoms with E-state index in [1.165, 1.54) is 0 Å². The molecule has 2 aromatic heterocycles. The maximum atomic E-state index is 6.24. The summed E-state index contributed by atoms with van der Waals surface area (Å²) in [5.41, 5.74) is 4.28. The monoisotopic (exact) mass is 318 g/mol. The van der Waals surface area contributed by atoms with E-state index in [0.717, 1.165) is 16.3 Å². The third-order valence-electron chi connectivity index (χ3n) is 3.29. The Kier molecular flexibility index (Phi) is 4.03. The quantitative estimate of drug-likeness (QED) is 0.573. The summed E-state index contributed by atoms with van der Waals surface area (Å²) in [5.74, 6) is 5.73. The van der Waals surface area contributed by atoms with Crippen molar-refractivity contribution in [2.75, 3.05) is 0 Å². The van der Waals surface area contributed by atoms with Gasteiger partial charge in [-0.25, -0.2) is 5.43 Å². The number of hydrazine groups is 1. The van der Waals surface area contributed by atoms with Gasteiger partial charge in [-0.2, -0.15) is 0 Å². The van der Waals surface area contributed by atoms with Crippen LogP contribution >= 0.6 is 23.2 Å². The minimum Gasteiger partial charge on any atom is -0.271 e. The molecule has 6 heteroatoms. The number of benzene rings is 1. The predicted molar refractivity (Wildman–Crippen MR) is 85.2 cm³/mol. The van der Waals surface area contributed by atoms with E-state index in [4.69, 9.17) is 29.0 Å². The van der Waals surface area contributed by atoms with Crippen LogP contribution in [0.5, 0.6) is 0 Å². The van der Waals surface area contributed by atoms with Crippen molar-refractivity contribution in [1.29, 1.82) is 0 Å². The van der Waals surface area contributed by atoms with E-state index in [9.17, 15) is 0 Å². The van der Waals surface area contributed by atoms with E-state index in [2.05, 4.69) is 15.4 Å². The Bertz CT molecular complexity index is 786. The van der Waals surface area contributed by atoms with Gasteiger partial charge in [-0.15, -0.1) is 0 Å². The second-order valence-electron chi connectivity index (χ2n) is 4.57. The first-order valence-electron chi connectivity index (χ1n) is 6.30. The molecule has 0 aliphatic rings. The molecule has 0 aliphatic heterocycles. The summed E-state index contributed by atoms with van der Waals surface area (Å²) in [7, 11) is 0. The Labute approximate surface area is 131 Å². The number of fused-ring (bicyclic) bond motifs is 1. The number of nitrogens with two attached hydrogens (primary N) is 1. The van der Waals surface area contributed by atoms with Crippen LogP contribution in [-0.2, 0) is 0 Å². The number of hydrogen-bond donors (Lipinski definition) is 2. The fourth-order valence-electron chi connectivity index (χ4n) is 2.32. The van der Waals surface area contributed by atoms with Crippen LogP contribution < -0.4 is 11.3 Å². The molecule has 0 amide bonds. The number of halogens is 2. The Hall–Kier alpha value is -1.72. The molecule has 0 spiro atoms. The van der Waals surface area contributed by atoms with Crippen molar-refractivity contribution in [3.05, 3.63) is 70.2 Å². The van der Waals surface area contributed by atoms with Crippen LogP contribution in [0.3, 0.4) is 0 Å². The van der Waals surface area contributed by atoms with Gasteiger partial charge in [-0.1, -0.05) is 47.5 Å². The fourth-order valence-corrected chi connectivity index (χ4v) is 2.81. The highest BCUT2D eigenvalue weighted by molar-refractivity contribution is 6.34. The Morgan fingerprint density at radius 3 is 2.67 bits per heavy atom. The van der Waals surface area contributed by atoms with Gasteiger partial charge in [0.25, 0.3) is 0 Å². The molecular formula is C15H12Cl2N4. The van der Waals surface area contributed by atoms with Gasteiger partial charge in [-0.05, 0) is 11.5 Å². The normalized spacial score (nSPS) is 12.5. The maximum absolute atomic E-state index is 6.24. The molecular weight excluding hydrogens is 307 g/mol. The van der Waals surface area contributed by atoms with Gasteiger partial charge < -0.3 is 0 Å². The Balaban J connectivity index is 2.18. The molecule has 0 aliphatic carbocycles. The number of nitrogens with one attached hydrogen (secondary N) is 1. The zero-order valence-electron chi connectivity index (χ0n) is 10.9. The zero-order chi connectivity index (χ0) is 14.8. The standard InChI is InChI=1S/C15H12Cl2N4/c16-10-5-13(17)15(20-7-10)14(21-18)12-8-19-6-9-3-1-2-4-11(9)12/h1-8,14,21H,18H2. The van der Waals surface area contributed by atoms with Gasteiger partial charge in [-0.3, -0.25) is 15.8 Å². The summed E-state index contributed by atoms with van der Waals surface area (Å²) in [6, 6.07) is 9.22. The summed E-state index contributed by atoms with van der Waals surface area (Å²) in [5, 5.41) is 3.01. The molecule has 3 aromatic rings. The molecule has 0 bridgehead atoms. The van der Waals surface area contributed by atoms with E-state index in [1.807, 2.05) is 30.5 Å². The second kappa shape index (κ2) is 5.95. The van der Waals surface area contributed by atoms with Gasteiger partial charge in [0.15, 0.2) is 0 Å². The predicted octanol–water partition coefficient (Wildman–Crippen LogP) is 3.49. The molecule has 1 atom stereocenters. The minimum atomic E-state index is -0.367. The van der Waals surface area contributed by atoms with Crippen LogP contribution in [-0.4, -0.2) is 9.97 Å². The summed E-state index contributed by atoms with van der Waals surface area (Å²) in [4.78, 5) is 8.56. The summed E-state index contributed by atoms with van der Waals surface area (Å²) in [6.07, 6.45) is 5.12. The number of nitrogens with zero attached hydrogens (tertiary/aromatic N) is 2. The molecule has 2 heterocycles. The lowest BCUT2D eigenvalue weighted by Gasteiger charge is -2.18. The first-order chi connectivity index (χ1) is 10.2. The third kappa shape index (κ3) is 2.71. The largest absolute Gasteiger partial charge is 0.271 e. The summed E-state index contributed by atoms with van der Waals surface area (Å²) >= 11 is 12.1. The molecule has 3 rings (SSSR count). The molecule has 0 fully saturated rings. The molecule has 1 aromatic carbocycles. The van der Waals surface area contributed by atoms with E-state index >= 15 is 0 Å². The van der Waals surface area contributed by atoms with Crippen LogP contribution in [0.1, 0.15) is 17.3 Å². The second-order valence-corrected chi connectivity index (χ2v) is 5.41. The van der Waals surface area contributed by atoms with Crippen molar-refractivity contribution < 1.29 is 0 Å². The van der Waals surface area contributed by atoms with Gasteiger partial charge in [0, 0.05) is 29.5 Å². The number of pyridine rings is 2. The van der Waals surface area contributed by atoms with Crippen LogP contribution in [0.15, 0.2) is 48.9 Å². The van der Waals surface area contributed by atoms with Crippen LogP contribution in [0.4, 0.5) is 0 Å². The van der Waals surface area contributed by atoms with E-state index in [1.54, 1.807) is 18.5 Å². The van der Waals surface area contributed by atoms with Crippen molar-refractivity contribution in [1.82, 2.24) is 15.4 Å². The van der Waals surface area contributed by atoms with Crippen molar-refractivity contribution in [2.45, 2.75) is 6.04 Å². The lowest BCUT2D eigenvalue weighted by Crippen LogP contribution is -2.30. The topological polar surface area (TPSA) is 63.8 Å². The molecule has 21 heavy (non-hydrogen) atoms. The van der Waals surface area contributed by atoms with E-state index < -0.39 is 0 Å². The molecule has 4 nitrogen and oxygen atoms in total.